The summed E-state index contributed by atoms with van der Waals surface area (Å²) in [7, 11) is 0. The summed E-state index contributed by atoms with van der Waals surface area (Å²) in [4.78, 5) is 21.7. The number of tetrazole rings is 1. The fourth-order valence-electron chi connectivity index (χ4n) is 2.72. The normalized spacial score (nSPS) is 12.0. The van der Waals surface area contributed by atoms with E-state index in [1.165, 1.54) is 10.6 Å². The van der Waals surface area contributed by atoms with E-state index in [0.29, 0.717) is 11.2 Å². The number of aryl methyl sites for hydroxylation is 2. The van der Waals surface area contributed by atoms with Gasteiger partial charge in [0.2, 0.25) is 5.82 Å². The van der Waals surface area contributed by atoms with Crippen LogP contribution in [0.1, 0.15) is 37.0 Å². The Morgan fingerprint density at radius 3 is 2.81 bits per heavy atom. The van der Waals surface area contributed by atoms with Gasteiger partial charge in [0.25, 0.3) is 5.56 Å². The quantitative estimate of drug-likeness (QED) is 0.582. The van der Waals surface area contributed by atoms with Gasteiger partial charge in [-0.3, -0.25) is 9.20 Å². The van der Waals surface area contributed by atoms with Gasteiger partial charge in [0.05, 0.1) is 10.7 Å². The van der Waals surface area contributed by atoms with Crippen molar-refractivity contribution in [2.24, 2.45) is 0 Å². The first-order valence-electron chi connectivity index (χ1n) is 8.61. The molecule has 0 bridgehead atoms. The van der Waals surface area contributed by atoms with Crippen molar-refractivity contribution in [2.45, 2.75) is 39.0 Å². The summed E-state index contributed by atoms with van der Waals surface area (Å²) >= 11 is 1.70. The van der Waals surface area contributed by atoms with Gasteiger partial charge < -0.3 is 0 Å². The number of H-pyrrole nitrogens is 1. The van der Waals surface area contributed by atoms with Crippen LogP contribution in [0.4, 0.5) is 0 Å². The van der Waals surface area contributed by atoms with Crippen molar-refractivity contribution in [2.75, 3.05) is 0 Å². The number of aromatic amines is 1. The molecule has 0 fully saturated rings. The van der Waals surface area contributed by atoms with Crippen LogP contribution in [0, 0.1) is 0 Å². The average molecular weight is 381 g/mol. The van der Waals surface area contributed by atoms with Gasteiger partial charge in [-0.1, -0.05) is 20.8 Å². The third kappa shape index (κ3) is 3.50. The molecule has 0 spiro atoms. The predicted molar refractivity (Wildman–Crippen MR) is 103 cm³/mol. The lowest BCUT2D eigenvalue weighted by Gasteiger charge is -2.14. The van der Waals surface area contributed by atoms with Crippen LogP contribution < -0.4 is 5.56 Å². The SMILES string of the molecule is CC(C)(C)c1csc(CCc2ccn3c(=O)c(-c4nn[nH]n4)cnc3c2)n1. The number of nitrogens with one attached hydrogen (secondary N) is 1. The van der Waals surface area contributed by atoms with Crippen molar-refractivity contribution >= 4 is 17.0 Å². The first-order chi connectivity index (χ1) is 12.9. The molecule has 0 saturated carbocycles. The Kier molecular flexibility index (Phi) is 4.31. The molecule has 138 valence electrons. The van der Waals surface area contributed by atoms with Gasteiger partial charge >= 0.3 is 0 Å². The molecule has 4 heterocycles. The van der Waals surface area contributed by atoms with E-state index >= 15 is 0 Å². The fraction of sp³-hybridized carbons (Fsp3) is 0.333. The standard InChI is InChI=1S/C18H19N7OS/c1-18(2,3)13-10-27-15(20-13)5-4-11-6-7-25-14(8-11)19-9-12(17(25)26)16-21-23-24-22-16/h6-10H,4-5H2,1-3H3,(H,21,22,23,24). The van der Waals surface area contributed by atoms with Crippen LogP contribution in [0.5, 0.6) is 0 Å². The van der Waals surface area contributed by atoms with E-state index < -0.39 is 0 Å². The molecule has 27 heavy (non-hydrogen) atoms. The molecule has 0 aliphatic heterocycles. The summed E-state index contributed by atoms with van der Waals surface area (Å²) in [6, 6.07) is 3.87. The van der Waals surface area contributed by atoms with Crippen molar-refractivity contribution in [3.8, 4) is 11.4 Å². The van der Waals surface area contributed by atoms with Crippen LogP contribution >= 0.6 is 11.3 Å². The van der Waals surface area contributed by atoms with Gasteiger partial charge in [-0.25, -0.2) is 9.97 Å². The molecule has 4 aromatic rings. The lowest BCUT2D eigenvalue weighted by atomic mass is 9.93. The Balaban J connectivity index is 1.56. The van der Waals surface area contributed by atoms with Gasteiger partial charge in [-0.2, -0.15) is 5.21 Å². The number of hydrogen-bond acceptors (Lipinski definition) is 7. The van der Waals surface area contributed by atoms with E-state index in [-0.39, 0.29) is 16.8 Å². The molecule has 0 aromatic carbocycles. The molecule has 0 aliphatic rings. The maximum atomic E-state index is 12.6. The summed E-state index contributed by atoms with van der Waals surface area (Å²) in [5, 5.41) is 16.8. The smallest absolute Gasteiger partial charge is 0.268 e. The van der Waals surface area contributed by atoms with Crippen molar-refractivity contribution < 1.29 is 0 Å². The van der Waals surface area contributed by atoms with E-state index in [1.807, 2.05) is 12.1 Å². The van der Waals surface area contributed by atoms with Crippen LogP contribution in [-0.4, -0.2) is 35.0 Å². The minimum absolute atomic E-state index is 0.0686. The second-order valence-corrected chi connectivity index (χ2v) is 8.29. The Hall–Kier alpha value is -2.94. The van der Waals surface area contributed by atoms with Crippen LogP contribution in [0.2, 0.25) is 0 Å². The molecular weight excluding hydrogens is 362 g/mol. The molecule has 0 atom stereocenters. The van der Waals surface area contributed by atoms with Crippen LogP contribution in [0.25, 0.3) is 17.0 Å². The lowest BCUT2D eigenvalue weighted by Crippen LogP contribution is -2.17. The number of nitrogens with zero attached hydrogens (tertiary/aromatic N) is 6. The number of fused-ring (bicyclic) bond motifs is 1. The van der Waals surface area contributed by atoms with E-state index in [1.54, 1.807) is 17.5 Å². The highest BCUT2D eigenvalue weighted by Gasteiger charge is 2.17. The zero-order valence-corrected chi connectivity index (χ0v) is 16.1. The summed E-state index contributed by atoms with van der Waals surface area (Å²) in [6.45, 7) is 6.50. The van der Waals surface area contributed by atoms with E-state index in [0.717, 1.165) is 29.1 Å². The summed E-state index contributed by atoms with van der Waals surface area (Å²) < 4.78 is 1.50. The Morgan fingerprint density at radius 1 is 1.26 bits per heavy atom. The first kappa shape index (κ1) is 17.5. The number of pyridine rings is 1. The Bertz CT molecular complexity index is 1140. The lowest BCUT2D eigenvalue weighted by molar-refractivity contribution is 0.570. The van der Waals surface area contributed by atoms with Crippen molar-refractivity contribution in [3.05, 3.63) is 56.5 Å². The Morgan fingerprint density at radius 2 is 2.11 bits per heavy atom. The van der Waals surface area contributed by atoms with Crippen LogP contribution in [-0.2, 0) is 18.3 Å². The van der Waals surface area contributed by atoms with Crippen LogP contribution in [0.3, 0.4) is 0 Å². The first-order valence-corrected chi connectivity index (χ1v) is 9.49. The largest absolute Gasteiger partial charge is 0.269 e. The maximum absolute atomic E-state index is 12.6. The zero-order valence-electron chi connectivity index (χ0n) is 15.3. The molecule has 0 saturated heterocycles. The number of hydrogen-bond donors (Lipinski definition) is 1. The molecule has 0 unspecified atom stereocenters. The molecule has 0 radical (unpaired) electrons. The molecule has 4 aromatic heterocycles. The molecule has 0 amide bonds. The van der Waals surface area contributed by atoms with Gasteiger partial charge in [-0.15, -0.1) is 21.5 Å². The fourth-order valence-corrected chi connectivity index (χ4v) is 3.75. The highest BCUT2D eigenvalue weighted by molar-refractivity contribution is 7.09. The maximum Gasteiger partial charge on any atom is 0.269 e. The number of aromatic nitrogens is 7. The topological polar surface area (TPSA) is 102 Å². The zero-order chi connectivity index (χ0) is 19.0. The van der Waals surface area contributed by atoms with Gasteiger partial charge in [0.1, 0.15) is 11.2 Å². The third-order valence-corrected chi connectivity index (χ3v) is 5.22. The molecule has 0 aliphatic carbocycles. The van der Waals surface area contributed by atoms with Crippen molar-refractivity contribution in [1.82, 2.24) is 35.0 Å². The van der Waals surface area contributed by atoms with E-state index in [4.69, 9.17) is 4.98 Å². The molecule has 1 N–H and O–H groups in total. The highest BCUT2D eigenvalue weighted by Crippen LogP contribution is 2.24. The van der Waals surface area contributed by atoms with E-state index in [2.05, 4.69) is 51.8 Å². The summed E-state index contributed by atoms with van der Waals surface area (Å²) in [6.07, 6.45) is 4.94. The second-order valence-electron chi connectivity index (χ2n) is 7.35. The van der Waals surface area contributed by atoms with Crippen molar-refractivity contribution in [1.29, 1.82) is 0 Å². The summed E-state index contributed by atoms with van der Waals surface area (Å²) in [5.41, 5.74) is 3.00. The van der Waals surface area contributed by atoms with Gasteiger partial charge in [0, 0.05) is 29.6 Å². The number of thiazole rings is 1. The molecule has 9 heteroatoms. The minimum atomic E-state index is -0.220. The minimum Gasteiger partial charge on any atom is -0.268 e. The number of rotatable bonds is 4. The second kappa shape index (κ2) is 6.66. The summed E-state index contributed by atoms with van der Waals surface area (Å²) in [5.74, 6) is 0.240. The van der Waals surface area contributed by atoms with Gasteiger partial charge in [-0.05, 0) is 29.3 Å². The monoisotopic (exact) mass is 381 g/mol. The predicted octanol–water partition coefficient (Wildman–Crippen LogP) is 2.41. The van der Waals surface area contributed by atoms with Crippen LogP contribution in [0.15, 0.2) is 34.7 Å². The van der Waals surface area contributed by atoms with E-state index in [9.17, 15) is 4.79 Å². The Labute approximate surface area is 159 Å². The molecular formula is C18H19N7OS. The van der Waals surface area contributed by atoms with Crippen molar-refractivity contribution in [3.63, 3.8) is 0 Å². The third-order valence-electron chi connectivity index (χ3n) is 4.31. The molecule has 4 rings (SSSR count). The highest BCUT2D eigenvalue weighted by atomic mass is 32.1. The molecule has 8 nitrogen and oxygen atoms in total. The van der Waals surface area contributed by atoms with Gasteiger partial charge in [0.15, 0.2) is 0 Å². The average Bonchev–Trinajstić information content (AvgIpc) is 3.32.